The summed E-state index contributed by atoms with van der Waals surface area (Å²) in [7, 11) is 3.26. The van der Waals surface area contributed by atoms with Gasteiger partial charge in [-0.05, 0) is 54.7 Å². The first kappa shape index (κ1) is 21.5. The Morgan fingerprint density at radius 2 is 1.94 bits per heavy atom. The second kappa shape index (κ2) is 8.77. The Labute approximate surface area is 185 Å². The number of nitriles is 1. The van der Waals surface area contributed by atoms with Gasteiger partial charge in [-0.15, -0.1) is 0 Å². The van der Waals surface area contributed by atoms with Crippen LogP contribution in [0, 0.1) is 17.1 Å². The van der Waals surface area contributed by atoms with Crippen molar-refractivity contribution in [2.24, 2.45) is 12.8 Å². The molecular weight excluding hydrogens is 407 g/mol. The van der Waals surface area contributed by atoms with Gasteiger partial charge >= 0.3 is 0 Å². The Bertz CT molecular complexity index is 1300. The van der Waals surface area contributed by atoms with Gasteiger partial charge in [0.1, 0.15) is 23.5 Å². The minimum atomic E-state index is -0.655. The largest absolute Gasteiger partial charge is 0.497 e. The molecule has 4 rings (SSSR count). The maximum absolute atomic E-state index is 14.5. The molecule has 0 spiro atoms. The van der Waals surface area contributed by atoms with Crippen molar-refractivity contribution in [2.45, 2.75) is 25.3 Å². The molecule has 1 aliphatic carbocycles. The summed E-state index contributed by atoms with van der Waals surface area (Å²) in [5, 5.41) is 9.09. The van der Waals surface area contributed by atoms with Crippen LogP contribution < -0.4 is 16.0 Å². The van der Waals surface area contributed by atoms with Gasteiger partial charge in [-0.2, -0.15) is 5.26 Å². The number of nitrogens with two attached hydrogens (primary N) is 1. The summed E-state index contributed by atoms with van der Waals surface area (Å²) in [6.07, 6.45) is 4.26. The van der Waals surface area contributed by atoms with Gasteiger partial charge < -0.3 is 10.5 Å². The maximum Gasteiger partial charge on any atom is 0.262 e. The van der Waals surface area contributed by atoms with E-state index in [9.17, 15) is 9.18 Å². The Kier molecular flexibility index (Phi) is 5.89. The van der Waals surface area contributed by atoms with E-state index < -0.39 is 5.82 Å². The van der Waals surface area contributed by atoms with Gasteiger partial charge in [0.05, 0.1) is 23.9 Å². The number of allylic oxidation sites excluding steroid dienone is 1. The van der Waals surface area contributed by atoms with Crippen LogP contribution in [0.5, 0.6) is 5.75 Å². The smallest absolute Gasteiger partial charge is 0.262 e. The van der Waals surface area contributed by atoms with Crippen LogP contribution in [-0.4, -0.2) is 22.7 Å². The molecule has 162 valence electrons. The van der Waals surface area contributed by atoms with E-state index in [2.05, 4.69) is 0 Å². The van der Waals surface area contributed by atoms with Crippen LogP contribution in [0.3, 0.4) is 0 Å². The van der Waals surface area contributed by atoms with Gasteiger partial charge in [-0.1, -0.05) is 24.3 Å². The number of hydrogen-bond acceptors (Lipinski definition) is 5. The average Bonchev–Trinajstić information content (AvgIpc) is 2.81. The minimum absolute atomic E-state index is 0.0622. The van der Waals surface area contributed by atoms with Crippen molar-refractivity contribution in [3.8, 4) is 34.2 Å². The van der Waals surface area contributed by atoms with Gasteiger partial charge in [0.25, 0.3) is 5.56 Å². The van der Waals surface area contributed by atoms with Gasteiger partial charge in [0.15, 0.2) is 0 Å². The zero-order valence-corrected chi connectivity index (χ0v) is 17.9. The SMILES string of the molecule is COc1ccc(-c2c(-c3ccc(C#N)c(F)c3)nc(C3=CCC(N)CC3)n(C)c2=O)cc1. The van der Waals surface area contributed by atoms with Crippen LogP contribution in [0.15, 0.2) is 53.3 Å². The highest BCUT2D eigenvalue weighted by Crippen LogP contribution is 2.33. The highest BCUT2D eigenvalue weighted by molar-refractivity contribution is 5.82. The molecule has 1 heterocycles. The van der Waals surface area contributed by atoms with Crippen LogP contribution in [0.1, 0.15) is 30.7 Å². The highest BCUT2D eigenvalue weighted by atomic mass is 19.1. The number of methoxy groups -OCH3 is 1. The summed E-state index contributed by atoms with van der Waals surface area (Å²) in [5.41, 5.74) is 8.46. The summed E-state index contributed by atoms with van der Waals surface area (Å²) in [4.78, 5) is 18.4. The topological polar surface area (TPSA) is 93.9 Å². The number of benzene rings is 2. The van der Waals surface area contributed by atoms with E-state index in [0.29, 0.717) is 46.8 Å². The summed E-state index contributed by atoms with van der Waals surface area (Å²) >= 11 is 0. The zero-order chi connectivity index (χ0) is 22.8. The second-order valence-electron chi connectivity index (χ2n) is 7.82. The van der Waals surface area contributed by atoms with Crippen molar-refractivity contribution < 1.29 is 9.13 Å². The van der Waals surface area contributed by atoms with Crippen LogP contribution in [0.25, 0.3) is 28.0 Å². The van der Waals surface area contributed by atoms with E-state index in [1.54, 1.807) is 44.5 Å². The van der Waals surface area contributed by atoms with Crippen molar-refractivity contribution in [1.29, 1.82) is 5.26 Å². The third-order valence-corrected chi connectivity index (χ3v) is 5.77. The number of halogens is 1. The van der Waals surface area contributed by atoms with E-state index in [-0.39, 0.29) is 17.2 Å². The molecule has 0 aliphatic heterocycles. The van der Waals surface area contributed by atoms with E-state index in [1.165, 1.54) is 16.7 Å². The van der Waals surface area contributed by atoms with Crippen molar-refractivity contribution >= 4 is 5.57 Å². The Morgan fingerprint density at radius 1 is 1.22 bits per heavy atom. The molecule has 6 nitrogen and oxygen atoms in total. The first-order chi connectivity index (χ1) is 15.4. The molecule has 3 aromatic rings. The van der Waals surface area contributed by atoms with Crippen LogP contribution in [0.2, 0.25) is 0 Å². The third kappa shape index (κ3) is 3.93. The molecule has 0 fully saturated rings. The number of nitrogens with zero attached hydrogens (tertiary/aromatic N) is 3. The number of ether oxygens (including phenoxy) is 1. The number of aromatic nitrogens is 2. The van der Waals surface area contributed by atoms with Crippen LogP contribution in [-0.2, 0) is 7.05 Å². The Balaban J connectivity index is 1.98. The quantitative estimate of drug-likeness (QED) is 0.675. The van der Waals surface area contributed by atoms with Crippen molar-refractivity contribution in [3.05, 3.63) is 76.1 Å². The number of rotatable bonds is 4. The first-order valence-corrected chi connectivity index (χ1v) is 10.3. The summed E-state index contributed by atoms with van der Waals surface area (Å²) in [6, 6.07) is 13.3. The Hall–Kier alpha value is -3.76. The molecule has 2 aromatic carbocycles. The van der Waals surface area contributed by atoms with E-state index >= 15 is 0 Å². The molecule has 1 unspecified atom stereocenters. The van der Waals surface area contributed by atoms with Crippen LogP contribution in [0.4, 0.5) is 4.39 Å². The lowest BCUT2D eigenvalue weighted by atomic mass is 9.94. The van der Waals surface area contributed by atoms with Crippen molar-refractivity contribution in [2.75, 3.05) is 7.11 Å². The fourth-order valence-electron chi connectivity index (χ4n) is 3.93. The Morgan fingerprint density at radius 3 is 2.53 bits per heavy atom. The molecule has 1 aliphatic rings. The molecule has 0 radical (unpaired) electrons. The molecule has 0 saturated heterocycles. The average molecular weight is 430 g/mol. The lowest BCUT2D eigenvalue weighted by molar-refractivity contribution is 0.415. The molecule has 1 atom stereocenters. The summed E-state index contributed by atoms with van der Waals surface area (Å²) in [6.45, 7) is 0. The fraction of sp³-hybridized carbons (Fsp3) is 0.240. The molecule has 2 N–H and O–H groups in total. The van der Waals surface area contributed by atoms with E-state index in [0.717, 1.165) is 12.0 Å². The van der Waals surface area contributed by atoms with Gasteiger partial charge in [-0.3, -0.25) is 9.36 Å². The number of hydrogen-bond donors (Lipinski definition) is 1. The lowest BCUT2D eigenvalue weighted by Gasteiger charge is -2.21. The molecule has 32 heavy (non-hydrogen) atoms. The van der Waals surface area contributed by atoms with Gasteiger partial charge in [0.2, 0.25) is 0 Å². The lowest BCUT2D eigenvalue weighted by Crippen LogP contribution is -2.27. The normalized spacial score (nSPS) is 15.7. The predicted octanol–water partition coefficient (Wildman–Crippen LogP) is 4.03. The van der Waals surface area contributed by atoms with Gasteiger partial charge in [0, 0.05) is 18.7 Å². The zero-order valence-electron chi connectivity index (χ0n) is 17.9. The monoisotopic (exact) mass is 430 g/mol. The molecule has 0 amide bonds. The highest BCUT2D eigenvalue weighted by Gasteiger charge is 2.22. The van der Waals surface area contributed by atoms with E-state index in [1.807, 2.05) is 12.1 Å². The predicted molar refractivity (Wildman–Crippen MR) is 121 cm³/mol. The van der Waals surface area contributed by atoms with Gasteiger partial charge in [-0.25, -0.2) is 9.37 Å². The standard InChI is InChI=1S/C25H23FN4O2/c1-30-24(16-5-9-19(28)10-6-16)29-23(17-3-4-18(14-27)21(26)13-17)22(25(30)31)15-7-11-20(32-2)12-8-15/h3-5,7-8,11-13,19H,6,9-10,28H2,1-2H3. The second-order valence-corrected chi connectivity index (χ2v) is 7.82. The molecule has 0 bridgehead atoms. The molecule has 7 heteroatoms. The minimum Gasteiger partial charge on any atom is -0.497 e. The van der Waals surface area contributed by atoms with Crippen molar-refractivity contribution in [1.82, 2.24) is 9.55 Å². The third-order valence-electron chi connectivity index (χ3n) is 5.77. The molecule has 1 aromatic heterocycles. The van der Waals surface area contributed by atoms with Crippen molar-refractivity contribution in [3.63, 3.8) is 0 Å². The molecular formula is C25H23FN4O2. The first-order valence-electron chi connectivity index (χ1n) is 10.3. The summed E-state index contributed by atoms with van der Waals surface area (Å²) < 4.78 is 21.2. The summed E-state index contributed by atoms with van der Waals surface area (Å²) in [5.74, 6) is 0.543. The molecule has 0 saturated carbocycles. The maximum atomic E-state index is 14.5. The van der Waals surface area contributed by atoms with E-state index in [4.69, 9.17) is 20.7 Å². The van der Waals surface area contributed by atoms with Crippen LogP contribution >= 0.6 is 0 Å². The fourth-order valence-corrected chi connectivity index (χ4v) is 3.93.